The summed E-state index contributed by atoms with van der Waals surface area (Å²) in [6, 6.07) is 1.29. The van der Waals surface area contributed by atoms with Crippen LogP contribution in [0.1, 0.15) is 33.6 Å². The molecule has 24 heavy (non-hydrogen) atoms. The van der Waals surface area contributed by atoms with Crippen molar-refractivity contribution in [2.24, 2.45) is 11.1 Å². The predicted octanol–water partition coefficient (Wildman–Crippen LogP) is 1.80. The molecule has 4 N–H and O–H groups in total. The SMILES string of the molecule is CCC.CC[Si](C)(O[Si](N)(OC)OC)O[Si](CCCN)(OC)OC. The van der Waals surface area contributed by atoms with Gasteiger partial charge in [-0.05, 0) is 25.6 Å². The van der Waals surface area contributed by atoms with Crippen molar-refractivity contribution in [3.63, 3.8) is 0 Å². The minimum atomic E-state index is -3.19. The van der Waals surface area contributed by atoms with Crippen molar-refractivity contribution in [3.05, 3.63) is 0 Å². The monoisotopic (exact) mass is 402 g/mol. The lowest BCUT2D eigenvalue weighted by Crippen LogP contribution is -2.64. The smallest absolute Gasteiger partial charge is 0.393 e. The van der Waals surface area contributed by atoms with Gasteiger partial charge in [0.05, 0.1) is 0 Å². The van der Waals surface area contributed by atoms with E-state index in [4.69, 9.17) is 37.1 Å². The molecule has 1 atom stereocenters. The maximum absolute atomic E-state index is 6.22. The Morgan fingerprint density at radius 2 is 1.29 bits per heavy atom. The van der Waals surface area contributed by atoms with Gasteiger partial charge < -0.3 is 31.7 Å². The molecule has 0 heterocycles. The van der Waals surface area contributed by atoms with Crippen molar-refractivity contribution in [2.75, 3.05) is 35.0 Å². The van der Waals surface area contributed by atoms with Gasteiger partial charge in [-0.25, -0.2) is 0 Å². The Labute approximate surface area is 151 Å². The number of hydrogen-bond donors (Lipinski definition) is 2. The molecule has 0 aliphatic carbocycles. The molecule has 0 aliphatic heterocycles. The van der Waals surface area contributed by atoms with Crippen molar-refractivity contribution in [1.82, 2.24) is 0 Å². The molecule has 0 aromatic rings. The van der Waals surface area contributed by atoms with Crippen LogP contribution in [0.15, 0.2) is 0 Å². The van der Waals surface area contributed by atoms with E-state index in [1.807, 2.05) is 13.5 Å². The molecule has 0 spiro atoms. The summed E-state index contributed by atoms with van der Waals surface area (Å²) in [4.78, 5) is 0. The minimum Gasteiger partial charge on any atom is -0.393 e. The Balaban J connectivity index is 0. The second kappa shape index (κ2) is 13.5. The lowest BCUT2D eigenvalue weighted by molar-refractivity contribution is 0.115. The molecule has 0 aromatic heterocycles. The summed E-state index contributed by atoms with van der Waals surface area (Å²) in [6.07, 6.45) is 2.00. The number of hydrogen-bond acceptors (Lipinski definition) is 8. The molecule has 0 fully saturated rings. The third-order valence-electron chi connectivity index (χ3n) is 3.25. The maximum Gasteiger partial charge on any atom is 0.584 e. The molecule has 0 bridgehead atoms. The summed E-state index contributed by atoms with van der Waals surface area (Å²) in [6.45, 7) is 8.67. The van der Waals surface area contributed by atoms with E-state index >= 15 is 0 Å². The van der Waals surface area contributed by atoms with Crippen molar-refractivity contribution >= 4 is 26.3 Å². The topological polar surface area (TPSA) is 107 Å². The Kier molecular flexibility index (Phi) is 15.0. The Hall–Kier alpha value is 0.331. The zero-order valence-electron chi connectivity index (χ0n) is 16.6. The third kappa shape index (κ3) is 9.72. The van der Waals surface area contributed by atoms with E-state index < -0.39 is 26.3 Å². The van der Waals surface area contributed by atoms with E-state index in [0.29, 0.717) is 18.6 Å². The zero-order valence-corrected chi connectivity index (χ0v) is 19.6. The second-order valence-electron chi connectivity index (χ2n) is 5.39. The number of nitrogens with two attached hydrogens (primary N) is 2. The molecule has 1 unspecified atom stereocenters. The van der Waals surface area contributed by atoms with Crippen LogP contribution in [0.3, 0.4) is 0 Å². The first-order valence-electron chi connectivity index (χ1n) is 8.29. The first kappa shape index (κ1) is 26.6. The average molecular weight is 403 g/mol. The number of rotatable bonds is 12. The van der Waals surface area contributed by atoms with E-state index in [1.54, 1.807) is 14.2 Å². The zero-order chi connectivity index (χ0) is 19.3. The highest BCUT2D eigenvalue weighted by molar-refractivity contribution is 6.82. The summed E-state index contributed by atoms with van der Waals surface area (Å²) in [5.41, 5.74) is 5.57. The van der Waals surface area contributed by atoms with E-state index in [1.165, 1.54) is 20.6 Å². The predicted molar refractivity (Wildman–Crippen MR) is 102 cm³/mol. The van der Waals surface area contributed by atoms with Gasteiger partial charge in [-0.3, -0.25) is 5.40 Å². The standard InChI is InChI=1S/C10H30N2O6Si3.C3H8/c1-7-19(6,18-21(12,15-4)16-5)17-20(13-2,14-3)10-8-9-11;1-3-2/h7-12H2,1-6H3;3H2,1-2H3. The van der Waals surface area contributed by atoms with Crippen LogP contribution in [-0.2, 0) is 25.9 Å². The van der Waals surface area contributed by atoms with Crippen LogP contribution in [0.2, 0.25) is 18.6 Å². The van der Waals surface area contributed by atoms with E-state index in [-0.39, 0.29) is 0 Å². The van der Waals surface area contributed by atoms with Gasteiger partial charge >= 0.3 is 26.3 Å². The van der Waals surface area contributed by atoms with Crippen molar-refractivity contribution < 1.29 is 25.9 Å². The Morgan fingerprint density at radius 3 is 1.58 bits per heavy atom. The van der Waals surface area contributed by atoms with Gasteiger partial charge in [0, 0.05) is 34.5 Å². The highest BCUT2D eigenvalue weighted by atomic mass is 28.5. The first-order chi connectivity index (χ1) is 11.2. The fraction of sp³-hybridized carbons (Fsp3) is 1.00. The van der Waals surface area contributed by atoms with Crippen LogP contribution < -0.4 is 11.1 Å². The summed E-state index contributed by atoms with van der Waals surface area (Å²) >= 11 is 0. The third-order valence-corrected chi connectivity index (χ3v) is 13.7. The molecule has 0 aliphatic rings. The van der Waals surface area contributed by atoms with Crippen LogP contribution in [-0.4, -0.2) is 61.3 Å². The molecular formula is C13H38N2O6Si3. The Bertz CT molecular complexity index is 309. The van der Waals surface area contributed by atoms with E-state index in [0.717, 1.165) is 6.42 Å². The summed E-state index contributed by atoms with van der Waals surface area (Å²) in [5, 5.41) is 6.00. The second-order valence-corrected chi connectivity index (χ2v) is 14.7. The molecule has 0 saturated carbocycles. The summed E-state index contributed by atoms with van der Waals surface area (Å²) < 4.78 is 33.7. The van der Waals surface area contributed by atoms with Gasteiger partial charge in [-0.2, -0.15) is 0 Å². The lowest BCUT2D eigenvalue weighted by atomic mass is 10.5. The lowest BCUT2D eigenvalue weighted by Gasteiger charge is -2.38. The molecule has 148 valence electrons. The molecule has 0 rings (SSSR count). The molecular weight excluding hydrogens is 364 g/mol. The highest BCUT2D eigenvalue weighted by Crippen LogP contribution is 2.26. The normalized spacial score (nSPS) is 14.8. The van der Waals surface area contributed by atoms with Gasteiger partial charge in [0.2, 0.25) is 0 Å². The van der Waals surface area contributed by atoms with Crippen molar-refractivity contribution in [3.8, 4) is 0 Å². The quantitative estimate of drug-likeness (QED) is 0.476. The van der Waals surface area contributed by atoms with Gasteiger partial charge in [0.25, 0.3) is 0 Å². The van der Waals surface area contributed by atoms with Crippen LogP contribution in [0.25, 0.3) is 0 Å². The van der Waals surface area contributed by atoms with E-state index in [9.17, 15) is 0 Å². The average Bonchev–Trinajstić information content (AvgIpc) is 2.59. The van der Waals surface area contributed by atoms with Crippen LogP contribution in [0, 0.1) is 0 Å². The summed E-state index contributed by atoms with van der Waals surface area (Å²) in [5.74, 6) is 0. The molecule has 8 nitrogen and oxygen atoms in total. The fourth-order valence-electron chi connectivity index (χ4n) is 1.70. The van der Waals surface area contributed by atoms with Crippen LogP contribution in [0.4, 0.5) is 0 Å². The van der Waals surface area contributed by atoms with Crippen LogP contribution in [0.5, 0.6) is 0 Å². The van der Waals surface area contributed by atoms with Crippen molar-refractivity contribution in [1.29, 1.82) is 0 Å². The van der Waals surface area contributed by atoms with Gasteiger partial charge in [0.1, 0.15) is 0 Å². The maximum atomic E-state index is 6.22. The highest BCUT2D eigenvalue weighted by Gasteiger charge is 2.52. The molecule has 0 amide bonds. The molecule has 0 saturated heterocycles. The molecule has 11 heteroatoms. The first-order valence-corrected chi connectivity index (χ1v) is 14.5. The van der Waals surface area contributed by atoms with Crippen LogP contribution >= 0.6 is 0 Å². The van der Waals surface area contributed by atoms with Gasteiger partial charge in [0.15, 0.2) is 0 Å². The molecule has 0 aromatic carbocycles. The van der Waals surface area contributed by atoms with Crippen molar-refractivity contribution in [2.45, 2.75) is 52.2 Å². The van der Waals surface area contributed by atoms with E-state index in [2.05, 4.69) is 13.8 Å². The summed E-state index contributed by atoms with van der Waals surface area (Å²) in [7, 11) is -2.60. The largest absolute Gasteiger partial charge is 0.584 e. The van der Waals surface area contributed by atoms with Gasteiger partial charge in [-0.15, -0.1) is 0 Å². The molecule has 0 radical (unpaired) electrons. The fourth-order valence-corrected chi connectivity index (χ4v) is 11.6. The minimum absolute atomic E-state index is 0.543. The Morgan fingerprint density at radius 1 is 0.833 bits per heavy atom. The van der Waals surface area contributed by atoms with Gasteiger partial charge in [-0.1, -0.05) is 27.2 Å².